The van der Waals surface area contributed by atoms with E-state index in [-0.39, 0.29) is 33.7 Å². The van der Waals surface area contributed by atoms with Crippen molar-refractivity contribution in [2.75, 3.05) is 13.2 Å². The number of benzene rings is 1. The molecule has 3 N–H and O–H groups in total. The maximum atomic E-state index is 12.2. The highest BCUT2D eigenvalue weighted by atomic mass is 35.5. The van der Waals surface area contributed by atoms with Crippen molar-refractivity contribution in [1.82, 2.24) is 4.72 Å². The lowest BCUT2D eigenvalue weighted by atomic mass is 10.1. The SMILES string of the molecule is O=C(O)c1cc(S(=O)(=O)NCC2(CO)CC2)c(Cl)cc1Cl. The highest BCUT2D eigenvalue weighted by molar-refractivity contribution is 7.89. The van der Waals surface area contributed by atoms with Crippen LogP contribution < -0.4 is 4.72 Å². The molecule has 0 amide bonds. The molecule has 9 heteroatoms. The summed E-state index contributed by atoms with van der Waals surface area (Å²) in [4.78, 5) is 10.7. The molecule has 0 atom stereocenters. The molecule has 1 aliphatic carbocycles. The molecule has 6 nitrogen and oxygen atoms in total. The predicted octanol–water partition coefficient (Wildman–Crippen LogP) is 1.74. The summed E-state index contributed by atoms with van der Waals surface area (Å²) in [6.07, 6.45) is 1.47. The minimum atomic E-state index is -3.98. The Morgan fingerprint density at radius 2 is 1.90 bits per heavy atom. The molecule has 0 spiro atoms. The second-order valence-corrected chi connectivity index (χ2v) is 7.60. The first-order valence-electron chi connectivity index (χ1n) is 6.04. The maximum Gasteiger partial charge on any atom is 0.337 e. The highest BCUT2D eigenvalue weighted by Crippen LogP contribution is 2.44. The van der Waals surface area contributed by atoms with Gasteiger partial charge in [0.25, 0.3) is 0 Å². The normalized spacial score (nSPS) is 16.7. The van der Waals surface area contributed by atoms with Crippen LogP contribution in [-0.4, -0.2) is 37.8 Å². The third-order valence-electron chi connectivity index (χ3n) is 3.47. The summed E-state index contributed by atoms with van der Waals surface area (Å²) in [5.74, 6) is -1.35. The third-order valence-corrected chi connectivity index (χ3v) is 5.65. The van der Waals surface area contributed by atoms with Gasteiger partial charge >= 0.3 is 5.97 Å². The molecule has 1 fully saturated rings. The number of aliphatic hydroxyl groups is 1. The number of carbonyl (C=O) groups is 1. The monoisotopic (exact) mass is 353 g/mol. The molecule has 0 aromatic heterocycles. The molecule has 1 aromatic rings. The van der Waals surface area contributed by atoms with Gasteiger partial charge in [0, 0.05) is 18.6 Å². The number of carboxylic acid groups (broad SMARTS) is 1. The Morgan fingerprint density at radius 3 is 2.38 bits per heavy atom. The Hall–Kier alpha value is -0.860. The molecule has 0 bridgehead atoms. The smallest absolute Gasteiger partial charge is 0.337 e. The van der Waals surface area contributed by atoms with Crippen molar-refractivity contribution in [1.29, 1.82) is 0 Å². The molecule has 1 aromatic carbocycles. The summed E-state index contributed by atoms with van der Waals surface area (Å²) in [5.41, 5.74) is -0.758. The van der Waals surface area contributed by atoms with Crippen LogP contribution in [0, 0.1) is 5.41 Å². The van der Waals surface area contributed by atoms with E-state index in [1.54, 1.807) is 0 Å². The van der Waals surface area contributed by atoms with Gasteiger partial charge in [-0.15, -0.1) is 0 Å². The van der Waals surface area contributed by atoms with Crippen LogP contribution in [0.2, 0.25) is 10.0 Å². The van der Waals surface area contributed by atoms with Gasteiger partial charge in [0.1, 0.15) is 4.90 Å². The summed E-state index contributed by atoms with van der Waals surface area (Å²) >= 11 is 11.6. The van der Waals surface area contributed by atoms with E-state index >= 15 is 0 Å². The van der Waals surface area contributed by atoms with Crippen molar-refractivity contribution >= 4 is 39.2 Å². The van der Waals surface area contributed by atoms with Gasteiger partial charge < -0.3 is 10.2 Å². The van der Waals surface area contributed by atoms with Crippen molar-refractivity contribution in [3.05, 3.63) is 27.7 Å². The van der Waals surface area contributed by atoms with E-state index in [1.165, 1.54) is 0 Å². The number of hydrogen-bond donors (Lipinski definition) is 3. The van der Waals surface area contributed by atoms with Crippen molar-refractivity contribution < 1.29 is 23.4 Å². The van der Waals surface area contributed by atoms with Crippen LogP contribution in [0.5, 0.6) is 0 Å². The highest BCUT2D eigenvalue weighted by Gasteiger charge is 2.42. The fourth-order valence-corrected chi connectivity index (χ4v) is 3.80. The first-order valence-corrected chi connectivity index (χ1v) is 8.28. The zero-order chi connectivity index (χ0) is 15.8. The largest absolute Gasteiger partial charge is 0.478 e. The van der Waals surface area contributed by atoms with Gasteiger partial charge in [-0.3, -0.25) is 0 Å². The molecule has 1 saturated carbocycles. The van der Waals surface area contributed by atoms with Crippen LogP contribution in [0.1, 0.15) is 23.2 Å². The second-order valence-electron chi connectivity index (χ2n) is 5.05. The lowest BCUT2D eigenvalue weighted by Gasteiger charge is -2.14. The molecule has 0 unspecified atom stereocenters. The quantitative estimate of drug-likeness (QED) is 0.722. The molecule has 0 saturated heterocycles. The van der Waals surface area contributed by atoms with E-state index in [2.05, 4.69) is 4.72 Å². The number of hydrogen-bond acceptors (Lipinski definition) is 4. The van der Waals surface area contributed by atoms with E-state index in [1.807, 2.05) is 0 Å². The van der Waals surface area contributed by atoms with Crippen LogP contribution >= 0.6 is 23.2 Å². The number of nitrogens with one attached hydrogen (secondary N) is 1. The molecular weight excluding hydrogens is 341 g/mol. The average Bonchev–Trinajstić information content (AvgIpc) is 3.16. The fourth-order valence-electron chi connectivity index (χ4n) is 1.79. The summed E-state index contributed by atoms with van der Waals surface area (Å²) in [7, 11) is -3.98. The Balaban J connectivity index is 2.31. The van der Waals surface area contributed by atoms with Gasteiger partial charge in [-0.05, 0) is 25.0 Å². The van der Waals surface area contributed by atoms with E-state index in [9.17, 15) is 18.3 Å². The number of carboxylic acids is 1. The van der Waals surface area contributed by atoms with Crippen LogP contribution in [0.3, 0.4) is 0 Å². The van der Waals surface area contributed by atoms with E-state index in [4.69, 9.17) is 28.3 Å². The Morgan fingerprint density at radius 1 is 1.29 bits per heavy atom. The summed E-state index contributed by atoms with van der Waals surface area (Å²) < 4.78 is 26.8. The van der Waals surface area contributed by atoms with Crippen LogP contribution in [0.15, 0.2) is 17.0 Å². The minimum absolute atomic E-state index is 0.0766. The number of aliphatic hydroxyl groups excluding tert-OH is 1. The van der Waals surface area contributed by atoms with Crippen molar-refractivity contribution in [3.8, 4) is 0 Å². The lowest BCUT2D eigenvalue weighted by molar-refractivity contribution is 0.0697. The van der Waals surface area contributed by atoms with Crippen molar-refractivity contribution in [2.45, 2.75) is 17.7 Å². The first-order chi connectivity index (χ1) is 9.71. The standard InChI is InChI=1S/C12H13Cl2NO5S/c13-8-4-9(14)10(3-7(8)11(17)18)21(19,20)15-5-12(6-16)1-2-12/h3-4,15-16H,1-2,5-6H2,(H,17,18). The summed E-state index contributed by atoms with van der Waals surface area (Å²) in [6, 6.07) is 2.01. The van der Waals surface area contributed by atoms with Crippen LogP contribution in [-0.2, 0) is 10.0 Å². The molecule has 0 aliphatic heterocycles. The van der Waals surface area contributed by atoms with E-state index in [0.29, 0.717) is 0 Å². The molecule has 0 radical (unpaired) electrons. The van der Waals surface area contributed by atoms with E-state index in [0.717, 1.165) is 25.0 Å². The average molecular weight is 354 g/mol. The molecule has 2 rings (SSSR count). The van der Waals surface area contributed by atoms with Gasteiger partial charge in [0.05, 0.1) is 15.6 Å². The Kier molecular flexibility index (Phi) is 4.51. The minimum Gasteiger partial charge on any atom is -0.478 e. The van der Waals surface area contributed by atoms with E-state index < -0.39 is 21.4 Å². The zero-order valence-corrected chi connectivity index (χ0v) is 13.1. The van der Waals surface area contributed by atoms with Crippen LogP contribution in [0.4, 0.5) is 0 Å². The first kappa shape index (κ1) is 16.5. The molecule has 21 heavy (non-hydrogen) atoms. The van der Waals surface area contributed by atoms with Gasteiger partial charge in [0.15, 0.2) is 0 Å². The topological polar surface area (TPSA) is 104 Å². The van der Waals surface area contributed by atoms with Gasteiger partial charge in [-0.25, -0.2) is 17.9 Å². The number of halogens is 2. The number of sulfonamides is 1. The predicted molar refractivity (Wildman–Crippen MR) is 77.4 cm³/mol. The van der Waals surface area contributed by atoms with Gasteiger partial charge in [-0.2, -0.15) is 0 Å². The number of aromatic carboxylic acids is 1. The third kappa shape index (κ3) is 3.49. The summed E-state index contributed by atoms with van der Waals surface area (Å²) in [6.45, 7) is -0.0303. The second kappa shape index (κ2) is 5.73. The molecular formula is C12H13Cl2NO5S. The molecule has 0 heterocycles. The maximum absolute atomic E-state index is 12.2. The van der Waals surface area contributed by atoms with Gasteiger partial charge in [0.2, 0.25) is 10.0 Å². The van der Waals surface area contributed by atoms with Crippen LogP contribution in [0.25, 0.3) is 0 Å². The Bertz CT molecular complexity index is 685. The van der Waals surface area contributed by atoms with Gasteiger partial charge in [-0.1, -0.05) is 23.2 Å². The molecule has 1 aliphatic rings. The summed E-state index contributed by atoms with van der Waals surface area (Å²) in [5, 5.41) is 17.9. The van der Waals surface area contributed by atoms with Crippen molar-refractivity contribution in [3.63, 3.8) is 0 Å². The zero-order valence-electron chi connectivity index (χ0n) is 10.8. The molecule has 116 valence electrons. The Labute approximate surface area is 131 Å². The lowest BCUT2D eigenvalue weighted by Crippen LogP contribution is -2.32. The number of rotatable bonds is 6. The van der Waals surface area contributed by atoms with Crippen molar-refractivity contribution in [2.24, 2.45) is 5.41 Å². The fraction of sp³-hybridized carbons (Fsp3) is 0.417.